The van der Waals surface area contributed by atoms with Gasteiger partial charge in [0.2, 0.25) is 6.29 Å². The second-order valence-electron chi connectivity index (χ2n) is 2.37. The van der Waals surface area contributed by atoms with Gasteiger partial charge in [-0.1, -0.05) is 12.8 Å². The first-order chi connectivity index (χ1) is 4.93. The van der Waals surface area contributed by atoms with E-state index in [2.05, 4.69) is 0 Å². The number of carbonyl (C=O) groups excluding carboxylic acids is 1. The lowest BCUT2D eigenvalue weighted by atomic mass is 10.1. The highest BCUT2D eigenvalue weighted by Crippen LogP contribution is 2.18. The van der Waals surface area contributed by atoms with Crippen molar-refractivity contribution in [1.29, 1.82) is 0 Å². The smallest absolute Gasteiger partial charge is 0.231 e. The number of hydrogen-bond donors (Lipinski definition) is 0. The van der Waals surface area contributed by atoms with Gasteiger partial charge in [0.15, 0.2) is 0 Å². The molecule has 0 aromatic heterocycles. The molecule has 57 valence electrons. The zero-order valence-electron chi connectivity index (χ0n) is 5.84. The summed E-state index contributed by atoms with van der Waals surface area (Å²) in [4.78, 5) is 10.2. The summed E-state index contributed by atoms with van der Waals surface area (Å²) < 4.78 is 5.13. The molecular formula is C7H11O2S. The van der Waals surface area contributed by atoms with Crippen molar-refractivity contribution in [3.63, 3.8) is 0 Å². The zero-order chi connectivity index (χ0) is 7.23. The van der Waals surface area contributed by atoms with Gasteiger partial charge in [0.25, 0.3) is 0 Å². The maximum atomic E-state index is 10.2. The van der Waals surface area contributed by atoms with E-state index in [1.54, 1.807) is 0 Å². The summed E-state index contributed by atoms with van der Waals surface area (Å²) in [5.41, 5.74) is 0. The van der Waals surface area contributed by atoms with E-state index in [1.165, 1.54) is 24.9 Å². The minimum atomic E-state index is -0.273. The van der Waals surface area contributed by atoms with Crippen LogP contribution in [0.2, 0.25) is 0 Å². The standard InChI is InChI=1S/C7H11O2S/c8-6-7-4-2-1-3-5-10-9-7/h7H,1-5H2. The molecule has 1 aliphatic heterocycles. The highest BCUT2D eigenvalue weighted by Gasteiger charge is 2.11. The molecule has 0 aromatic carbocycles. The highest BCUT2D eigenvalue weighted by molar-refractivity contribution is 7.94. The predicted molar refractivity (Wildman–Crippen MR) is 41.5 cm³/mol. The molecule has 1 atom stereocenters. The predicted octanol–water partition coefficient (Wildman–Crippen LogP) is 1.70. The summed E-state index contributed by atoms with van der Waals surface area (Å²) >= 11 is 1.40. The van der Waals surface area contributed by atoms with Gasteiger partial charge in [-0.2, -0.15) is 0 Å². The van der Waals surface area contributed by atoms with Crippen molar-refractivity contribution in [2.75, 3.05) is 5.75 Å². The van der Waals surface area contributed by atoms with Gasteiger partial charge in [-0.15, -0.1) is 0 Å². The van der Waals surface area contributed by atoms with Crippen LogP contribution in [0.3, 0.4) is 0 Å². The first kappa shape index (κ1) is 8.08. The van der Waals surface area contributed by atoms with Crippen LogP contribution in [-0.2, 0) is 8.98 Å². The van der Waals surface area contributed by atoms with Crippen LogP contribution in [0.25, 0.3) is 0 Å². The maximum Gasteiger partial charge on any atom is 0.231 e. The molecule has 0 spiro atoms. The first-order valence-corrected chi connectivity index (χ1v) is 4.50. The van der Waals surface area contributed by atoms with Gasteiger partial charge in [-0.05, 0) is 24.9 Å². The molecule has 0 N–H and O–H groups in total. The van der Waals surface area contributed by atoms with E-state index < -0.39 is 0 Å². The van der Waals surface area contributed by atoms with Crippen molar-refractivity contribution < 1.29 is 8.98 Å². The molecule has 1 unspecified atom stereocenters. The fourth-order valence-electron chi connectivity index (χ4n) is 0.924. The minimum Gasteiger partial charge on any atom is -0.304 e. The monoisotopic (exact) mass is 159 g/mol. The lowest BCUT2D eigenvalue weighted by Gasteiger charge is -2.12. The molecule has 1 aliphatic rings. The Morgan fingerprint density at radius 1 is 1.40 bits per heavy atom. The molecule has 3 heteroatoms. The summed E-state index contributed by atoms with van der Waals surface area (Å²) in [6.45, 7) is 0. The Bertz CT molecular complexity index is 97.8. The van der Waals surface area contributed by atoms with E-state index in [4.69, 9.17) is 4.18 Å². The van der Waals surface area contributed by atoms with Gasteiger partial charge >= 0.3 is 0 Å². The molecule has 1 radical (unpaired) electrons. The summed E-state index contributed by atoms with van der Waals surface area (Å²) in [7, 11) is 0. The Hall–Kier alpha value is -0.0200. The van der Waals surface area contributed by atoms with Crippen molar-refractivity contribution in [3.8, 4) is 0 Å². The fourth-order valence-corrected chi connectivity index (χ4v) is 1.64. The van der Waals surface area contributed by atoms with Crippen LogP contribution < -0.4 is 0 Å². The molecule has 0 aliphatic carbocycles. The van der Waals surface area contributed by atoms with Gasteiger partial charge in [-0.25, -0.2) is 0 Å². The van der Waals surface area contributed by atoms with Gasteiger partial charge in [-0.3, -0.25) is 4.79 Å². The van der Waals surface area contributed by atoms with E-state index in [-0.39, 0.29) is 6.10 Å². The quantitative estimate of drug-likeness (QED) is 0.545. The van der Waals surface area contributed by atoms with Crippen LogP contribution in [0.1, 0.15) is 25.7 Å². The number of rotatable bonds is 1. The van der Waals surface area contributed by atoms with E-state index >= 15 is 0 Å². The number of hydrogen-bond acceptors (Lipinski definition) is 3. The highest BCUT2D eigenvalue weighted by atomic mass is 32.2. The van der Waals surface area contributed by atoms with E-state index in [0.717, 1.165) is 18.6 Å². The molecule has 2 nitrogen and oxygen atoms in total. The van der Waals surface area contributed by atoms with Crippen LogP contribution in [0.4, 0.5) is 0 Å². The Kier molecular flexibility index (Phi) is 3.83. The second kappa shape index (κ2) is 4.74. The molecule has 1 rings (SSSR count). The average molecular weight is 159 g/mol. The molecule has 1 fully saturated rings. The van der Waals surface area contributed by atoms with Crippen LogP contribution in [0, 0.1) is 0 Å². The molecule has 0 bridgehead atoms. The Balaban J connectivity index is 2.22. The Labute approximate surface area is 65.5 Å². The Morgan fingerprint density at radius 3 is 3.10 bits per heavy atom. The van der Waals surface area contributed by atoms with E-state index in [1.807, 2.05) is 6.29 Å². The summed E-state index contributed by atoms with van der Waals surface area (Å²) in [5.74, 6) is 1.01. The average Bonchev–Trinajstić information content (AvgIpc) is 1.87. The fraction of sp³-hybridized carbons (Fsp3) is 0.857. The second-order valence-corrected chi connectivity index (χ2v) is 3.21. The van der Waals surface area contributed by atoms with Crippen LogP contribution in [0.5, 0.6) is 0 Å². The van der Waals surface area contributed by atoms with Gasteiger partial charge < -0.3 is 4.18 Å². The van der Waals surface area contributed by atoms with Crippen molar-refractivity contribution in [2.24, 2.45) is 0 Å². The molecule has 1 saturated heterocycles. The van der Waals surface area contributed by atoms with Gasteiger partial charge in [0, 0.05) is 5.75 Å². The third kappa shape index (κ3) is 2.71. The molecule has 0 aromatic rings. The Morgan fingerprint density at radius 2 is 2.30 bits per heavy atom. The van der Waals surface area contributed by atoms with Crippen molar-refractivity contribution in [3.05, 3.63) is 0 Å². The van der Waals surface area contributed by atoms with Crippen LogP contribution in [-0.4, -0.2) is 18.1 Å². The molecule has 1 heterocycles. The van der Waals surface area contributed by atoms with Crippen LogP contribution >= 0.6 is 12.0 Å². The van der Waals surface area contributed by atoms with E-state index in [9.17, 15) is 4.79 Å². The normalized spacial score (nSPS) is 28.6. The summed E-state index contributed by atoms with van der Waals surface area (Å²) in [5, 5.41) is 0. The lowest BCUT2D eigenvalue weighted by Crippen LogP contribution is -2.12. The molecule has 10 heavy (non-hydrogen) atoms. The molecular weight excluding hydrogens is 148 g/mol. The maximum absolute atomic E-state index is 10.2. The third-order valence-electron chi connectivity index (χ3n) is 1.51. The largest absolute Gasteiger partial charge is 0.304 e. The van der Waals surface area contributed by atoms with Crippen LogP contribution in [0.15, 0.2) is 0 Å². The summed E-state index contributed by atoms with van der Waals surface area (Å²) in [6, 6.07) is 0. The van der Waals surface area contributed by atoms with Crippen molar-refractivity contribution in [2.45, 2.75) is 31.8 Å². The topological polar surface area (TPSA) is 26.3 Å². The van der Waals surface area contributed by atoms with E-state index in [0.29, 0.717) is 0 Å². The molecule has 0 amide bonds. The third-order valence-corrected chi connectivity index (χ3v) is 2.33. The van der Waals surface area contributed by atoms with Gasteiger partial charge in [0.05, 0.1) is 0 Å². The first-order valence-electron chi connectivity index (χ1n) is 3.59. The SMILES string of the molecule is O=[C]C1CCCCCSO1. The zero-order valence-corrected chi connectivity index (χ0v) is 6.65. The lowest BCUT2D eigenvalue weighted by molar-refractivity contribution is 0.280. The summed E-state index contributed by atoms with van der Waals surface area (Å²) in [6.07, 6.45) is 5.97. The van der Waals surface area contributed by atoms with Crippen molar-refractivity contribution in [1.82, 2.24) is 0 Å². The van der Waals surface area contributed by atoms with Gasteiger partial charge in [0.1, 0.15) is 6.10 Å². The van der Waals surface area contributed by atoms with Crippen molar-refractivity contribution >= 4 is 18.3 Å². The minimum absolute atomic E-state index is 0.273. The molecule has 0 saturated carbocycles.